The van der Waals surface area contributed by atoms with E-state index in [1.165, 1.54) is 22.6 Å². The minimum absolute atomic E-state index is 0.243. The molecular weight excluding hydrogens is 364 g/mol. The molecule has 0 radical (unpaired) electrons. The molecule has 96 valence electrons. The number of aromatic nitrogens is 1. The number of nitrogens with zero attached hydrogens (tertiary/aromatic N) is 1. The lowest BCUT2D eigenvalue weighted by molar-refractivity contribution is -0.275. The largest absolute Gasteiger partial charge is 0.573 e. The minimum Gasteiger partial charge on any atom is -0.403 e. The second-order valence-corrected chi connectivity index (χ2v) is 3.89. The van der Waals surface area contributed by atoms with Crippen LogP contribution in [0.1, 0.15) is 17.7 Å². The summed E-state index contributed by atoms with van der Waals surface area (Å²) in [5.41, 5.74) is -1.13. The lowest BCUT2D eigenvalue weighted by Crippen LogP contribution is -2.19. The van der Waals surface area contributed by atoms with E-state index in [9.17, 15) is 22.0 Å². The Morgan fingerprint density at radius 2 is 2.00 bits per heavy atom. The number of halogens is 6. The topological polar surface area (TPSA) is 42.4 Å². The van der Waals surface area contributed by atoms with Crippen molar-refractivity contribution in [3.05, 3.63) is 21.0 Å². The third-order valence-electron chi connectivity index (χ3n) is 1.70. The van der Waals surface area contributed by atoms with Gasteiger partial charge in [0.25, 0.3) is 6.43 Å². The number of alkyl halides is 5. The third-order valence-corrected chi connectivity index (χ3v) is 2.88. The van der Waals surface area contributed by atoms with Gasteiger partial charge in [-0.05, 0) is 22.6 Å². The van der Waals surface area contributed by atoms with Gasteiger partial charge in [0.05, 0.1) is 16.4 Å². The van der Waals surface area contributed by atoms with Crippen molar-refractivity contribution in [2.45, 2.75) is 19.4 Å². The quantitative estimate of drug-likeness (QED) is 0.658. The molecule has 0 saturated carbocycles. The highest BCUT2D eigenvalue weighted by atomic mass is 127. The van der Waals surface area contributed by atoms with Gasteiger partial charge in [-0.3, -0.25) is 4.98 Å². The highest BCUT2D eigenvalue weighted by molar-refractivity contribution is 14.1. The highest BCUT2D eigenvalue weighted by Crippen LogP contribution is 2.33. The zero-order valence-electron chi connectivity index (χ0n) is 7.93. The minimum atomic E-state index is -4.94. The lowest BCUT2D eigenvalue weighted by Gasteiger charge is -2.14. The molecule has 0 unspecified atom stereocenters. The van der Waals surface area contributed by atoms with E-state index in [1.807, 2.05) is 0 Å². The van der Waals surface area contributed by atoms with Crippen LogP contribution in [-0.2, 0) is 6.61 Å². The molecule has 1 heterocycles. The molecule has 17 heavy (non-hydrogen) atoms. The van der Waals surface area contributed by atoms with Crippen LogP contribution in [0.2, 0.25) is 0 Å². The maximum atomic E-state index is 12.4. The molecule has 1 rings (SSSR count). The van der Waals surface area contributed by atoms with Gasteiger partial charge in [-0.1, -0.05) is 0 Å². The van der Waals surface area contributed by atoms with Crippen LogP contribution in [0.5, 0.6) is 5.75 Å². The number of ether oxygens (including phenoxy) is 1. The first-order chi connectivity index (χ1) is 7.76. The summed E-state index contributed by atoms with van der Waals surface area (Å²) in [7, 11) is 0. The Hall–Kier alpha value is -0.710. The first-order valence-electron chi connectivity index (χ1n) is 4.08. The zero-order chi connectivity index (χ0) is 13.2. The van der Waals surface area contributed by atoms with Crippen LogP contribution >= 0.6 is 22.6 Å². The number of pyridine rings is 1. The molecule has 0 fully saturated rings. The van der Waals surface area contributed by atoms with E-state index in [-0.39, 0.29) is 9.13 Å². The Kier molecular flexibility index (Phi) is 4.47. The summed E-state index contributed by atoms with van der Waals surface area (Å²) >= 11 is 1.38. The highest BCUT2D eigenvalue weighted by Gasteiger charge is 2.33. The first kappa shape index (κ1) is 14.4. The molecule has 0 saturated heterocycles. The third kappa shape index (κ3) is 3.63. The van der Waals surface area contributed by atoms with Crippen molar-refractivity contribution in [3.8, 4) is 5.75 Å². The fraction of sp³-hybridized carbons (Fsp3) is 0.375. The smallest absolute Gasteiger partial charge is 0.403 e. The molecule has 0 aliphatic heterocycles. The predicted octanol–water partition coefficient (Wildman–Crippen LogP) is 3.01. The van der Waals surface area contributed by atoms with E-state index < -0.39 is 30.8 Å². The van der Waals surface area contributed by atoms with Crippen LogP contribution in [-0.4, -0.2) is 16.5 Å². The van der Waals surface area contributed by atoms with Crippen LogP contribution < -0.4 is 4.74 Å². The average molecular weight is 369 g/mol. The molecule has 1 aromatic rings. The Morgan fingerprint density at radius 3 is 2.41 bits per heavy atom. The van der Waals surface area contributed by atoms with Crippen molar-refractivity contribution in [1.29, 1.82) is 0 Å². The van der Waals surface area contributed by atoms with Crippen LogP contribution in [0.25, 0.3) is 0 Å². The summed E-state index contributed by atoms with van der Waals surface area (Å²) in [4.78, 5) is 3.15. The van der Waals surface area contributed by atoms with Crippen molar-refractivity contribution >= 4 is 22.6 Å². The van der Waals surface area contributed by atoms with Crippen molar-refractivity contribution in [3.63, 3.8) is 0 Å². The number of aliphatic hydroxyl groups is 1. The van der Waals surface area contributed by atoms with Crippen molar-refractivity contribution in [2.24, 2.45) is 0 Å². The molecule has 0 bridgehead atoms. The van der Waals surface area contributed by atoms with E-state index in [0.29, 0.717) is 6.20 Å². The molecule has 9 heteroatoms. The fourth-order valence-corrected chi connectivity index (χ4v) is 1.75. The first-order valence-corrected chi connectivity index (χ1v) is 5.16. The van der Waals surface area contributed by atoms with Crippen LogP contribution in [0.4, 0.5) is 22.0 Å². The van der Waals surface area contributed by atoms with Crippen LogP contribution in [0.3, 0.4) is 0 Å². The molecule has 0 atom stereocenters. The van der Waals surface area contributed by atoms with E-state index >= 15 is 0 Å². The normalized spacial score (nSPS) is 12.0. The molecule has 3 nitrogen and oxygen atoms in total. The summed E-state index contributed by atoms with van der Waals surface area (Å²) in [5, 5.41) is 8.86. The van der Waals surface area contributed by atoms with Crippen LogP contribution in [0.15, 0.2) is 6.20 Å². The van der Waals surface area contributed by atoms with Gasteiger partial charge in [-0.2, -0.15) is 0 Å². The Balaban J connectivity index is 3.20. The van der Waals surface area contributed by atoms with Crippen molar-refractivity contribution < 1.29 is 31.8 Å². The Bertz CT molecular complexity index is 410. The number of rotatable bonds is 3. The number of hydrogen-bond acceptors (Lipinski definition) is 3. The van der Waals surface area contributed by atoms with Gasteiger partial charge in [-0.25, -0.2) is 8.78 Å². The van der Waals surface area contributed by atoms with Gasteiger partial charge < -0.3 is 9.84 Å². The van der Waals surface area contributed by atoms with Gasteiger partial charge in [0, 0.05) is 5.56 Å². The summed E-state index contributed by atoms with van der Waals surface area (Å²) in [6, 6.07) is 0. The number of aliphatic hydroxyl groups excluding tert-OH is 1. The second kappa shape index (κ2) is 5.29. The molecule has 0 amide bonds. The summed E-state index contributed by atoms with van der Waals surface area (Å²) < 4.78 is 64.0. The molecule has 0 aromatic carbocycles. The Morgan fingerprint density at radius 1 is 1.41 bits per heavy atom. The fourth-order valence-electron chi connectivity index (χ4n) is 1.06. The van der Waals surface area contributed by atoms with E-state index in [1.54, 1.807) is 0 Å². The predicted molar refractivity (Wildman–Crippen MR) is 54.5 cm³/mol. The molecule has 1 aromatic heterocycles. The van der Waals surface area contributed by atoms with Gasteiger partial charge in [0.2, 0.25) is 0 Å². The monoisotopic (exact) mass is 369 g/mol. The number of hydrogen-bond donors (Lipinski definition) is 1. The van der Waals surface area contributed by atoms with Gasteiger partial charge in [-0.15, -0.1) is 13.2 Å². The molecule has 0 aliphatic rings. The van der Waals surface area contributed by atoms with E-state index in [0.717, 1.165) is 0 Å². The van der Waals surface area contributed by atoms with Crippen LogP contribution in [0, 0.1) is 3.57 Å². The van der Waals surface area contributed by atoms with Crippen molar-refractivity contribution in [2.75, 3.05) is 0 Å². The van der Waals surface area contributed by atoms with Gasteiger partial charge in [0.15, 0.2) is 5.75 Å². The zero-order valence-corrected chi connectivity index (χ0v) is 10.1. The lowest BCUT2D eigenvalue weighted by atomic mass is 10.2. The Labute approximate surface area is 106 Å². The van der Waals surface area contributed by atoms with Gasteiger partial charge >= 0.3 is 6.36 Å². The van der Waals surface area contributed by atoms with Gasteiger partial charge in [0.1, 0.15) is 5.69 Å². The van der Waals surface area contributed by atoms with E-state index in [4.69, 9.17) is 5.11 Å². The maximum Gasteiger partial charge on any atom is 0.573 e. The maximum absolute atomic E-state index is 12.4. The second-order valence-electron chi connectivity index (χ2n) is 2.81. The molecule has 0 aliphatic carbocycles. The standard InChI is InChI=1S/C8H5F5INO2/c9-7(10)6-3(2-16)5(14)4(1-15-6)17-8(11,12)13/h1,7,16H,2H2. The SMILES string of the molecule is OCc1c(C(F)F)ncc(OC(F)(F)F)c1I. The molecular formula is C8H5F5INO2. The van der Waals surface area contributed by atoms with E-state index in [2.05, 4.69) is 9.72 Å². The van der Waals surface area contributed by atoms with Crippen molar-refractivity contribution in [1.82, 2.24) is 4.98 Å². The average Bonchev–Trinajstić information content (AvgIpc) is 2.18. The summed E-state index contributed by atoms with van der Waals surface area (Å²) in [6.45, 7) is -0.847. The summed E-state index contributed by atoms with van der Waals surface area (Å²) in [5.74, 6) is -0.716. The summed E-state index contributed by atoms with van der Waals surface area (Å²) in [6.07, 6.45) is -7.37. The molecule has 1 N–H and O–H groups in total. The molecule has 0 spiro atoms.